The maximum absolute atomic E-state index is 13.2. The van der Waals surface area contributed by atoms with Crippen LogP contribution in [0.1, 0.15) is 41.2 Å². The van der Waals surface area contributed by atoms with Crippen LogP contribution in [0, 0.1) is 12.7 Å². The summed E-state index contributed by atoms with van der Waals surface area (Å²) in [6.07, 6.45) is 1.43. The van der Waals surface area contributed by atoms with Crippen LogP contribution in [0.15, 0.2) is 30.3 Å². The number of nitrogens with zero attached hydrogens (tertiary/aromatic N) is 3. The molecule has 0 spiro atoms. The largest absolute Gasteiger partial charge is 0.373 e. The van der Waals surface area contributed by atoms with Crippen LogP contribution in [0.2, 0.25) is 0 Å². The minimum atomic E-state index is -0.252. The third-order valence-electron chi connectivity index (χ3n) is 5.51. The molecule has 0 aliphatic carbocycles. The van der Waals surface area contributed by atoms with Crippen molar-refractivity contribution in [3.05, 3.63) is 52.3 Å². The molecule has 166 valence electrons. The lowest BCUT2D eigenvalue weighted by Gasteiger charge is -2.35. The Balaban J connectivity index is 1.34. The van der Waals surface area contributed by atoms with E-state index in [1.807, 2.05) is 17.7 Å². The number of aromatic nitrogens is 2. The molecule has 1 saturated heterocycles. The van der Waals surface area contributed by atoms with Crippen molar-refractivity contribution in [2.24, 2.45) is 0 Å². The first-order chi connectivity index (χ1) is 14.9. The van der Waals surface area contributed by atoms with Gasteiger partial charge in [0, 0.05) is 31.6 Å². The molecule has 0 bridgehead atoms. The quantitative estimate of drug-likeness (QED) is 0.563. The van der Waals surface area contributed by atoms with E-state index in [2.05, 4.69) is 29.2 Å². The van der Waals surface area contributed by atoms with Gasteiger partial charge < -0.3 is 10.1 Å². The van der Waals surface area contributed by atoms with Gasteiger partial charge in [-0.25, -0.2) is 4.39 Å². The maximum Gasteiger partial charge on any atom is 0.261 e. The van der Waals surface area contributed by atoms with Gasteiger partial charge >= 0.3 is 0 Å². The van der Waals surface area contributed by atoms with Crippen molar-refractivity contribution in [2.45, 2.75) is 45.9 Å². The van der Waals surface area contributed by atoms with Crippen molar-refractivity contribution in [3.8, 4) is 0 Å². The number of nitrogens with one attached hydrogen (secondary N) is 1. The third kappa shape index (κ3) is 5.31. The Morgan fingerprint density at radius 1 is 1.26 bits per heavy atom. The van der Waals surface area contributed by atoms with Gasteiger partial charge in [-0.2, -0.15) is 5.10 Å². The lowest BCUT2D eigenvalue weighted by molar-refractivity contribution is -0.0679. The second kappa shape index (κ2) is 9.46. The second-order valence-corrected chi connectivity index (χ2v) is 9.36. The van der Waals surface area contributed by atoms with Gasteiger partial charge in [0.2, 0.25) is 0 Å². The maximum atomic E-state index is 13.2. The first-order valence-electron chi connectivity index (χ1n) is 10.8. The van der Waals surface area contributed by atoms with Crippen molar-refractivity contribution in [1.29, 1.82) is 0 Å². The number of fused-ring (bicyclic) bond motifs is 1. The molecule has 1 fully saturated rings. The van der Waals surface area contributed by atoms with E-state index < -0.39 is 0 Å². The van der Waals surface area contributed by atoms with E-state index in [0.717, 1.165) is 47.5 Å². The Hall–Kier alpha value is -2.29. The number of halogens is 1. The Morgan fingerprint density at radius 2 is 1.97 bits per heavy atom. The van der Waals surface area contributed by atoms with Gasteiger partial charge in [0.15, 0.2) is 0 Å². The zero-order valence-electron chi connectivity index (χ0n) is 18.2. The number of ether oxygens (including phenoxy) is 1. The average Bonchev–Trinajstić information content (AvgIpc) is 3.28. The van der Waals surface area contributed by atoms with E-state index >= 15 is 0 Å². The number of amides is 1. The van der Waals surface area contributed by atoms with Gasteiger partial charge in [0.05, 0.1) is 29.3 Å². The molecule has 1 N–H and O–H groups in total. The number of hydrogen-bond donors (Lipinski definition) is 1. The monoisotopic (exact) mass is 444 g/mol. The SMILES string of the molecule is Cc1nn(Cc2ccc(F)cc2)c2sc(C(=O)NCCCN3C[C@@H](C)O[C@H](C)C3)cc12. The topological polar surface area (TPSA) is 59.4 Å². The van der Waals surface area contributed by atoms with E-state index in [-0.39, 0.29) is 23.9 Å². The van der Waals surface area contributed by atoms with E-state index in [1.54, 1.807) is 12.1 Å². The smallest absolute Gasteiger partial charge is 0.261 e. The van der Waals surface area contributed by atoms with E-state index in [0.29, 0.717) is 18.0 Å². The molecule has 3 heterocycles. The predicted molar refractivity (Wildman–Crippen MR) is 121 cm³/mol. The van der Waals surface area contributed by atoms with Gasteiger partial charge in [-0.3, -0.25) is 14.4 Å². The lowest BCUT2D eigenvalue weighted by atomic mass is 10.2. The number of rotatable bonds is 7. The molecule has 1 aromatic carbocycles. The van der Waals surface area contributed by atoms with Gasteiger partial charge in [0.1, 0.15) is 10.6 Å². The molecular weight excluding hydrogens is 415 g/mol. The van der Waals surface area contributed by atoms with Crippen LogP contribution in [0.3, 0.4) is 0 Å². The number of hydrogen-bond acceptors (Lipinski definition) is 5. The summed E-state index contributed by atoms with van der Waals surface area (Å²) in [4.78, 5) is 16.7. The second-order valence-electron chi connectivity index (χ2n) is 8.33. The summed E-state index contributed by atoms with van der Waals surface area (Å²) >= 11 is 1.45. The van der Waals surface area contributed by atoms with Crippen molar-refractivity contribution >= 4 is 27.5 Å². The number of carbonyl (C=O) groups excluding carboxylic acids is 1. The van der Waals surface area contributed by atoms with E-state index in [9.17, 15) is 9.18 Å². The first-order valence-corrected chi connectivity index (χ1v) is 11.6. The minimum Gasteiger partial charge on any atom is -0.373 e. The molecule has 2 atom stereocenters. The summed E-state index contributed by atoms with van der Waals surface area (Å²) < 4.78 is 20.8. The first kappa shape index (κ1) is 21.9. The standard InChI is InChI=1S/C23H29FN4O2S/c1-15-12-27(13-16(2)30-15)10-4-9-25-22(29)21-11-20-17(3)26-28(23(20)31-21)14-18-5-7-19(24)8-6-18/h5-8,11,15-16H,4,9-10,12-14H2,1-3H3,(H,25,29)/t15-,16-/m1/s1. The van der Waals surface area contributed by atoms with Crippen LogP contribution in [0.5, 0.6) is 0 Å². The molecule has 4 rings (SSSR count). The summed E-state index contributed by atoms with van der Waals surface area (Å²) in [5, 5.41) is 8.64. The molecule has 1 amide bonds. The molecule has 2 aromatic heterocycles. The van der Waals surface area contributed by atoms with Crippen molar-refractivity contribution < 1.29 is 13.9 Å². The number of morpholine rings is 1. The van der Waals surface area contributed by atoms with Crippen LogP contribution >= 0.6 is 11.3 Å². The summed E-state index contributed by atoms with van der Waals surface area (Å²) in [5.74, 6) is -0.295. The Morgan fingerprint density at radius 3 is 2.68 bits per heavy atom. The Bertz CT molecular complexity index is 1040. The molecule has 0 unspecified atom stereocenters. The highest BCUT2D eigenvalue weighted by molar-refractivity contribution is 7.20. The minimum absolute atomic E-state index is 0.0438. The fraction of sp³-hybridized carbons (Fsp3) is 0.478. The highest BCUT2D eigenvalue weighted by atomic mass is 32.1. The van der Waals surface area contributed by atoms with Gasteiger partial charge in [-0.1, -0.05) is 12.1 Å². The van der Waals surface area contributed by atoms with Crippen molar-refractivity contribution in [3.63, 3.8) is 0 Å². The number of carbonyl (C=O) groups is 1. The number of thiophene rings is 1. The molecular formula is C23H29FN4O2S. The molecule has 0 radical (unpaired) electrons. The summed E-state index contributed by atoms with van der Waals surface area (Å²) in [5.41, 5.74) is 1.86. The Labute approximate surface area is 186 Å². The lowest BCUT2D eigenvalue weighted by Crippen LogP contribution is -2.46. The third-order valence-corrected chi connectivity index (χ3v) is 6.66. The highest BCUT2D eigenvalue weighted by Gasteiger charge is 2.21. The zero-order chi connectivity index (χ0) is 22.0. The zero-order valence-corrected chi connectivity index (χ0v) is 19.0. The van der Waals surface area contributed by atoms with Gasteiger partial charge in [-0.15, -0.1) is 11.3 Å². The van der Waals surface area contributed by atoms with Crippen molar-refractivity contribution in [1.82, 2.24) is 20.0 Å². The normalized spacial score (nSPS) is 19.7. The van der Waals surface area contributed by atoms with Gasteiger partial charge in [0.25, 0.3) is 5.91 Å². The fourth-order valence-corrected chi connectivity index (χ4v) is 5.23. The molecule has 31 heavy (non-hydrogen) atoms. The highest BCUT2D eigenvalue weighted by Crippen LogP contribution is 2.29. The van der Waals surface area contributed by atoms with E-state index in [4.69, 9.17) is 4.74 Å². The van der Waals surface area contributed by atoms with Crippen LogP contribution in [-0.4, -0.2) is 59.0 Å². The molecule has 3 aromatic rings. The van der Waals surface area contributed by atoms with Crippen LogP contribution in [0.4, 0.5) is 4.39 Å². The van der Waals surface area contributed by atoms with Crippen LogP contribution in [-0.2, 0) is 11.3 Å². The number of aryl methyl sites for hydroxylation is 1. The average molecular weight is 445 g/mol. The molecule has 6 nitrogen and oxygen atoms in total. The summed E-state index contributed by atoms with van der Waals surface area (Å²) in [6.45, 7) is 10.2. The fourth-order valence-electron chi connectivity index (χ4n) is 4.15. The summed E-state index contributed by atoms with van der Waals surface area (Å²) in [6, 6.07) is 8.34. The number of benzene rings is 1. The molecule has 1 aliphatic rings. The predicted octanol–water partition coefficient (Wildman–Crippen LogP) is 3.82. The molecule has 1 aliphatic heterocycles. The van der Waals surface area contributed by atoms with Crippen LogP contribution in [0.25, 0.3) is 10.2 Å². The van der Waals surface area contributed by atoms with Crippen molar-refractivity contribution in [2.75, 3.05) is 26.2 Å². The van der Waals surface area contributed by atoms with Crippen LogP contribution < -0.4 is 5.32 Å². The molecule has 8 heteroatoms. The van der Waals surface area contributed by atoms with Gasteiger partial charge in [-0.05, 0) is 51.0 Å². The van der Waals surface area contributed by atoms with E-state index in [1.165, 1.54) is 23.5 Å². The Kier molecular flexibility index (Phi) is 6.69. The molecule has 0 saturated carbocycles. The summed E-state index contributed by atoms with van der Waals surface area (Å²) in [7, 11) is 0.